The number of carboxylic acid groups (broad SMARTS) is 1. The number of hydrogen-bond donors (Lipinski definition) is 2. The van der Waals surface area contributed by atoms with E-state index in [0.29, 0.717) is 18.5 Å². The minimum Gasteiger partial charge on any atom is -0.478 e. The Morgan fingerprint density at radius 2 is 2.30 bits per heavy atom. The summed E-state index contributed by atoms with van der Waals surface area (Å²) in [5.41, 5.74) is 5.66. The molecule has 0 bridgehead atoms. The van der Waals surface area contributed by atoms with Crippen LogP contribution in [0, 0.1) is 0 Å². The summed E-state index contributed by atoms with van der Waals surface area (Å²) >= 11 is 0. The molecule has 10 heavy (non-hydrogen) atoms. The Balaban J connectivity index is 3.74. The van der Waals surface area contributed by atoms with Crippen LogP contribution in [0.25, 0.3) is 0 Å². The van der Waals surface area contributed by atoms with Crippen molar-refractivity contribution in [2.75, 3.05) is 6.54 Å². The average molecular weight is 143 g/mol. The molecule has 0 aromatic rings. The van der Waals surface area contributed by atoms with Crippen LogP contribution in [0.5, 0.6) is 0 Å². The monoisotopic (exact) mass is 143 g/mol. The van der Waals surface area contributed by atoms with Crippen LogP contribution in [0.2, 0.25) is 0 Å². The van der Waals surface area contributed by atoms with Crippen LogP contribution >= 0.6 is 0 Å². The number of rotatable bonds is 4. The second-order valence-corrected chi connectivity index (χ2v) is 2.01. The fraction of sp³-hybridized carbons (Fsp3) is 0.571. The summed E-state index contributed by atoms with van der Waals surface area (Å²) in [5, 5.41) is 8.49. The van der Waals surface area contributed by atoms with Crippen molar-refractivity contribution in [3.8, 4) is 0 Å². The second-order valence-electron chi connectivity index (χ2n) is 2.01. The SMILES string of the molecule is CC=C(CCCN)C(=O)O. The third-order valence-electron chi connectivity index (χ3n) is 1.27. The largest absolute Gasteiger partial charge is 0.478 e. The fourth-order valence-corrected chi connectivity index (χ4v) is 0.667. The van der Waals surface area contributed by atoms with Crippen molar-refractivity contribution in [1.29, 1.82) is 0 Å². The van der Waals surface area contributed by atoms with Gasteiger partial charge in [-0.15, -0.1) is 0 Å². The summed E-state index contributed by atoms with van der Waals surface area (Å²) < 4.78 is 0. The van der Waals surface area contributed by atoms with Crippen molar-refractivity contribution in [3.05, 3.63) is 11.6 Å². The van der Waals surface area contributed by atoms with Gasteiger partial charge in [-0.3, -0.25) is 0 Å². The van der Waals surface area contributed by atoms with Gasteiger partial charge in [0.25, 0.3) is 0 Å². The van der Waals surface area contributed by atoms with Crippen LogP contribution in [-0.4, -0.2) is 17.6 Å². The maximum atomic E-state index is 10.3. The fourth-order valence-electron chi connectivity index (χ4n) is 0.667. The summed E-state index contributed by atoms with van der Waals surface area (Å²) in [6, 6.07) is 0. The molecule has 0 fully saturated rings. The molecule has 0 atom stereocenters. The Morgan fingerprint density at radius 1 is 1.70 bits per heavy atom. The molecule has 0 spiro atoms. The van der Waals surface area contributed by atoms with E-state index < -0.39 is 5.97 Å². The quantitative estimate of drug-likeness (QED) is 0.571. The first kappa shape index (κ1) is 9.17. The number of allylic oxidation sites excluding steroid dienone is 1. The highest BCUT2D eigenvalue weighted by Crippen LogP contribution is 2.03. The molecule has 0 saturated heterocycles. The van der Waals surface area contributed by atoms with Gasteiger partial charge in [-0.05, 0) is 26.3 Å². The molecule has 0 aliphatic heterocycles. The van der Waals surface area contributed by atoms with E-state index in [1.54, 1.807) is 13.0 Å². The molecular formula is C7H13NO2. The van der Waals surface area contributed by atoms with Crippen molar-refractivity contribution in [2.24, 2.45) is 5.73 Å². The first-order valence-electron chi connectivity index (χ1n) is 3.31. The van der Waals surface area contributed by atoms with Crippen molar-refractivity contribution in [1.82, 2.24) is 0 Å². The highest BCUT2D eigenvalue weighted by atomic mass is 16.4. The van der Waals surface area contributed by atoms with E-state index in [2.05, 4.69) is 0 Å². The van der Waals surface area contributed by atoms with E-state index in [1.807, 2.05) is 0 Å². The zero-order chi connectivity index (χ0) is 7.98. The lowest BCUT2D eigenvalue weighted by atomic mass is 10.1. The van der Waals surface area contributed by atoms with Crippen molar-refractivity contribution >= 4 is 5.97 Å². The smallest absolute Gasteiger partial charge is 0.331 e. The molecule has 0 radical (unpaired) electrons. The van der Waals surface area contributed by atoms with Gasteiger partial charge in [-0.2, -0.15) is 0 Å². The van der Waals surface area contributed by atoms with Gasteiger partial charge >= 0.3 is 5.97 Å². The zero-order valence-electron chi connectivity index (χ0n) is 6.13. The Kier molecular flexibility index (Phi) is 4.58. The lowest BCUT2D eigenvalue weighted by molar-refractivity contribution is -0.132. The third kappa shape index (κ3) is 3.25. The van der Waals surface area contributed by atoms with E-state index >= 15 is 0 Å². The van der Waals surface area contributed by atoms with Gasteiger partial charge in [-0.1, -0.05) is 6.08 Å². The predicted octanol–water partition coefficient (Wildman–Crippen LogP) is 0.756. The van der Waals surface area contributed by atoms with E-state index in [-0.39, 0.29) is 0 Å². The lowest BCUT2D eigenvalue weighted by Gasteiger charge is -1.97. The number of aliphatic carboxylic acids is 1. The Hall–Kier alpha value is -0.830. The molecule has 58 valence electrons. The molecule has 0 aliphatic carbocycles. The highest BCUT2D eigenvalue weighted by molar-refractivity contribution is 5.86. The molecule has 0 aliphatic rings. The maximum absolute atomic E-state index is 10.3. The average Bonchev–Trinajstić information content (AvgIpc) is 1.89. The summed E-state index contributed by atoms with van der Waals surface area (Å²) in [6.45, 7) is 2.27. The van der Waals surface area contributed by atoms with Crippen LogP contribution in [0.3, 0.4) is 0 Å². The van der Waals surface area contributed by atoms with Crippen LogP contribution in [0.15, 0.2) is 11.6 Å². The van der Waals surface area contributed by atoms with E-state index in [9.17, 15) is 4.79 Å². The molecule has 3 heteroatoms. The normalized spacial score (nSPS) is 11.6. The maximum Gasteiger partial charge on any atom is 0.331 e. The van der Waals surface area contributed by atoms with Gasteiger partial charge in [0, 0.05) is 5.57 Å². The number of carboxylic acids is 1. The first-order valence-corrected chi connectivity index (χ1v) is 3.31. The highest BCUT2D eigenvalue weighted by Gasteiger charge is 2.03. The van der Waals surface area contributed by atoms with Gasteiger partial charge < -0.3 is 10.8 Å². The molecule has 3 nitrogen and oxygen atoms in total. The molecule has 0 heterocycles. The van der Waals surface area contributed by atoms with Gasteiger partial charge in [0.2, 0.25) is 0 Å². The van der Waals surface area contributed by atoms with Crippen LogP contribution < -0.4 is 5.73 Å². The predicted molar refractivity (Wildman–Crippen MR) is 39.7 cm³/mol. The van der Waals surface area contributed by atoms with Gasteiger partial charge in [0.15, 0.2) is 0 Å². The minimum atomic E-state index is -0.837. The first-order chi connectivity index (χ1) is 4.72. The Labute approximate surface area is 60.5 Å². The standard InChI is InChI=1S/C7H13NO2/c1-2-6(7(9)10)4-3-5-8/h2H,3-5,8H2,1H3,(H,9,10). The van der Waals surface area contributed by atoms with Crippen molar-refractivity contribution in [3.63, 3.8) is 0 Å². The van der Waals surface area contributed by atoms with Crippen molar-refractivity contribution < 1.29 is 9.90 Å². The van der Waals surface area contributed by atoms with Gasteiger partial charge in [-0.25, -0.2) is 4.79 Å². The molecule has 3 N–H and O–H groups in total. The Morgan fingerprint density at radius 3 is 2.60 bits per heavy atom. The van der Waals surface area contributed by atoms with Gasteiger partial charge in [0.1, 0.15) is 0 Å². The number of nitrogens with two attached hydrogens (primary N) is 1. The Bertz CT molecular complexity index is 141. The molecule has 0 amide bonds. The lowest BCUT2D eigenvalue weighted by Crippen LogP contribution is -2.04. The molecule has 0 aromatic carbocycles. The van der Waals surface area contributed by atoms with Crippen molar-refractivity contribution in [2.45, 2.75) is 19.8 Å². The molecule has 0 unspecified atom stereocenters. The minimum absolute atomic E-state index is 0.449. The van der Waals surface area contributed by atoms with Crippen LogP contribution in [-0.2, 0) is 4.79 Å². The molecule has 0 rings (SSSR count). The molecule has 0 saturated carbocycles. The second kappa shape index (κ2) is 4.99. The zero-order valence-corrected chi connectivity index (χ0v) is 6.13. The third-order valence-corrected chi connectivity index (χ3v) is 1.27. The number of hydrogen-bond acceptors (Lipinski definition) is 2. The van der Waals surface area contributed by atoms with E-state index in [0.717, 1.165) is 6.42 Å². The summed E-state index contributed by atoms with van der Waals surface area (Å²) in [4.78, 5) is 10.3. The van der Waals surface area contributed by atoms with E-state index in [1.165, 1.54) is 0 Å². The summed E-state index contributed by atoms with van der Waals surface area (Å²) in [5.74, 6) is -0.837. The summed E-state index contributed by atoms with van der Waals surface area (Å²) in [6.07, 6.45) is 2.92. The van der Waals surface area contributed by atoms with Crippen LogP contribution in [0.4, 0.5) is 0 Å². The number of carbonyl (C=O) groups is 1. The topological polar surface area (TPSA) is 63.3 Å². The summed E-state index contributed by atoms with van der Waals surface area (Å²) in [7, 11) is 0. The van der Waals surface area contributed by atoms with Crippen LogP contribution in [0.1, 0.15) is 19.8 Å². The molecular weight excluding hydrogens is 130 g/mol. The van der Waals surface area contributed by atoms with Gasteiger partial charge in [0.05, 0.1) is 0 Å². The van der Waals surface area contributed by atoms with E-state index in [4.69, 9.17) is 10.8 Å². The molecule has 0 aromatic heterocycles.